The summed E-state index contributed by atoms with van der Waals surface area (Å²) in [6, 6.07) is 12.9. The Morgan fingerprint density at radius 1 is 1.15 bits per heavy atom. The predicted octanol–water partition coefficient (Wildman–Crippen LogP) is 3.20. The fourth-order valence-corrected chi connectivity index (χ4v) is 3.22. The summed E-state index contributed by atoms with van der Waals surface area (Å²) in [5.74, 6) is 0.409. The van der Waals surface area contributed by atoms with E-state index in [9.17, 15) is 9.59 Å². The first-order chi connectivity index (χ1) is 12.5. The average Bonchev–Trinajstić information content (AvgIpc) is 3.08. The minimum atomic E-state index is -0.280. The second kappa shape index (κ2) is 6.00. The van der Waals surface area contributed by atoms with Crippen LogP contribution in [0.1, 0.15) is 10.4 Å². The fourth-order valence-electron chi connectivity index (χ4n) is 2.99. The van der Waals surface area contributed by atoms with Gasteiger partial charge in [-0.25, -0.2) is 4.98 Å². The molecule has 0 aliphatic rings. The van der Waals surface area contributed by atoms with Gasteiger partial charge in [-0.2, -0.15) is 0 Å². The molecule has 26 heavy (non-hydrogen) atoms. The smallest absolute Gasteiger partial charge is 0.274 e. The summed E-state index contributed by atoms with van der Waals surface area (Å²) in [5, 5.41) is 0.317. The summed E-state index contributed by atoms with van der Waals surface area (Å²) in [7, 11) is 3.30. The molecule has 0 saturated carbocycles. The van der Waals surface area contributed by atoms with Crippen molar-refractivity contribution in [2.75, 3.05) is 14.1 Å². The normalized spacial score (nSPS) is 11.2. The third-order valence-electron chi connectivity index (χ3n) is 4.24. The molecule has 1 amide bonds. The molecule has 0 aliphatic carbocycles. The van der Waals surface area contributed by atoms with Crippen molar-refractivity contribution in [1.82, 2.24) is 19.3 Å². The van der Waals surface area contributed by atoms with Gasteiger partial charge in [0.25, 0.3) is 11.5 Å². The maximum Gasteiger partial charge on any atom is 0.274 e. The number of hydrogen-bond acceptors (Lipinski definition) is 3. The van der Waals surface area contributed by atoms with Gasteiger partial charge in [0.2, 0.25) is 0 Å². The first-order valence-electron chi connectivity index (χ1n) is 7.97. The molecule has 6 nitrogen and oxygen atoms in total. The number of nitrogens with zero attached hydrogens (tertiary/aromatic N) is 3. The summed E-state index contributed by atoms with van der Waals surface area (Å²) >= 11 is 6.37. The highest BCUT2D eigenvalue weighted by Gasteiger charge is 2.18. The topological polar surface area (TPSA) is 70.5 Å². The average molecular weight is 367 g/mol. The Morgan fingerprint density at radius 2 is 1.88 bits per heavy atom. The second-order valence-electron chi connectivity index (χ2n) is 6.17. The lowest BCUT2D eigenvalue weighted by Gasteiger charge is -2.13. The quantitative estimate of drug-likeness (QED) is 0.592. The zero-order valence-electron chi connectivity index (χ0n) is 14.2. The van der Waals surface area contributed by atoms with E-state index >= 15 is 0 Å². The highest BCUT2D eigenvalue weighted by molar-refractivity contribution is 6.34. The molecule has 0 unspecified atom stereocenters. The van der Waals surface area contributed by atoms with Gasteiger partial charge in [-0.3, -0.25) is 14.0 Å². The van der Waals surface area contributed by atoms with E-state index in [1.807, 2.05) is 30.3 Å². The van der Waals surface area contributed by atoms with Crippen LogP contribution in [0.5, 0.6) is 0 Å². The first-order valence-corrected chi connectivity index (χ1v) is 8.35. The van der Waals surface area contributed by atoms with Crippen LogP contribution in [0.2, 0.25) is 5.02 Å². The summed E-state index contributed by atoms with van der Waals surface area (Å²) in [4.78, 5) is 33.5. The maximum atomic E-state index is 12.5. The van der Waals surface area contributed by atoms with Gasteiger partial charge in [-0.15, -0.1) is 0 Å². The van der Waals surface area contributed by atoms with Gasteiger partial charge < -0.3 is 9.88 Å². The fraction of sp³-hybridized carbons (Fsp3) is 0.105. The monoisotopic (exact) mass is 366 g/mol. The van der Waals surface area contributed by atoms with Gasteiger partial charge in [-0.05, 0) is 12.1 Å². The van der Waals surface area contributed by atoms with Crippen LogP contribution < -0.4 is 5.56 Å². The number of H-pyrrole nitrogens is 1. The predicted molar refractivity (Wildman–Crippen MR) is 102 cm³/mol. The summed E-state index contributed by atoms with van der Waals surface area (Å²) in [6.07, 6.45) is 1.54. The number of carbonyl (C=O) groups is 1. The van der Waals surface area contributed by atoms with Crippen LogP contribution in [0, 0.1) is 0 Å². The van der Waals surface area contributed by atoms with E-state index in [-0.39, 0.29) is 11.5 Å². The van der Waals surface area contributed by atoms with Crippen LogP contribution in [0.25, 0.3) is 27.9 Å². The summed E-state index contributed by atoms with van der Waals surface area (Å²) < 4.78 is 1.76. The Balaban J connectivity index is 2.09. The third-order valence-corrected chi connectivity index (χ3v) is 4.55. The van der Waals surface area contributed by atoms with Crippen LogP contribution in [0.4, 0.5) is 0 Å². The van der Waals surface area contributed by atoms with Gasteiger partial charge >= 0.3 is 0 Å². The van der Waals surface area contributed by atoms with Gasteiger partial charge in [0.1, 0.15) is 11.3 Å². The minimum absolute atomic E-state index is 0.230. The second-order valence-corrected chi connectivity index (χ2v) is 6.58. The van der Waals surface area contributed by atoms with E-state index in [4.69, 9.17) is 11.6 Å². The highest BCUT2D eigenvalue weighted by Crippen LogP contribution is 2.27. The molecule has 0 atom stereocenters. The molecule has 4 rings (SSSR count). The number of nitrogens with one attached hydrogen (secondary N) is 1. The van der Waals surface area contributed by atoms with Gasteiger partial charge in [0.05, 0.1) is 27.8 Å². The number of benzene rings is 2. The molecule has 1 N–H and O–H groups in total. The summed E-state index contributed by atoms with van der Waals surface area (Å²) in [6.45, 7) is 0. The number of amides is 1. The highest BCUT2D eigenvalue weighted by atomic mass is 35.5. The number of hydrogen-bond donors (Lipinski definition) is 1. The van der Waals surface area contributed by atoms with E-state index in [1.54, 1.807) is 30.6 Å². The molecule has 0 fully saturated rings. The number of aromatic amines is 1. The lowest BCUT2D eigenvalue weighted by Crippen LogP contribution is -2.22. The van der Waals surface area contributed by atoms with E-state index in [0.29, 0.717) is 33.0 Å². The zero-order valence-corrected chi connectivity index (χ0v) is 14.9. The molecule has 2 heterocycles. The standard InChI is InChI=1S/C19H15ClN4O2/c1-23(2)19(26)12-8-14-15(9-13(12)20)24-16(18(25)22-14)10-21-17(24)11-6-4-3-5-7-11/h3-10H,1-2H3,(H,22,25). The van der Waals surface area contributed by atoms with Crippen LogP contribution in [0.3, 0.4) is 0 Å². The Labute approximate surface area is 153 Å². The van der Waals surface area contributed by atoms with E-state index in [1.165, 1.54) is 11.1 Å². The maximum absolute atomic E-state index is 12.5. The lowest BCUT2D eigenvalue weighted by atomic mass is 10.1. The molecule has 7 heteroatoms. The summed E-state index contributed by atoms with van der Waals surface area (Å²) in [5.41, 5.74) is 2.55. The van der Waals surface area contributed by atoms with Crippen LogP contribution in [0.15, 0.2) is 53.5 Å². The van der Waals surface area contributed by atoms with Crippen LogP contribution >= 0.6 is 11.6 Å². The number of rotatable bonds is 2. The molecule has 4 aromatic rings. The van der Waals surface area contributed by atoms with Crippen LogP contribution in [-0.4, -0.2) is 39.3 Å². The number of carbonyl (C=O) groups excluding carboxylic acids is 1. The number of aromatic nitrogens is 3. The third kappa shape index (κ3) is 2.46. The Bertz CT molecular complexity index is 1210. The largest absolute Gasteiger partial charge is 0.345 e. The Kier molecular flexibility index (Phi) is 3.77. The van der Waals surface area contributed by atoms with Crippen LogP contribution in [-0.2, 0) is 0 Å². The van der Waals surface area contributed by atoms with Crippen molar-refractivity contribution in [2.45, 2.75) is 0 Å². The molecule has 0 radical (unpaired) electrons. The minimum Gasteiger partial charge on any atom is -0.345 e. The molecule has 2 aromatic carbocycles. The van der Waals surface area contributed by atoms with E-state index in [2.05, 4.69) is 9.97 Å². The van der Waals surface area contributed by atoms with E-state index in [0.717, 1.165) is 5.56 Å². The van der Waals surface area contributed by atoms with Gasteiger partial charge in [0, 0.05) is 19.7 Å². The molecular weight excluding hydrogens is 352 g/mol. The molecular formula is C19H15ClN4O2. The molecule has 0 spiro atoms. The molecule has 0 saturated heterocycles. The van der Waals surface area contributed by atoms with Gasteiger partial charge in [-0.1, -0.05) is 41.9 Å². The lowest BCUT2D eigenvalue weighted by molar-refractivity contribution is 0.0828. The SMILES string of the molecule is CN(C)C(=O)c1cc2[nH]c(=O)c3cnc(-c4ccccc4)n3c2cc1Cl. The van der Waals surface area contributed by atoms with Crippen molar-refractivity contribution in [3.8, 4) is 11.4 Å². The number of imidazole rings is 1. The molecule has 0 bridgehead atoms. The molecule has 2 aromatic heterocycles. The van der Waals surface area contributed by atoms with Crippen molar-refractivity contribution in [2.24, 2.45) is 0 Å². The Morgan fingerprint density at radius 3 is 2.58 bits per heavy atom. The number of fused-ring (bicyclic) bond motifs is 3. The zero-order chi connectivity index (χ0) is 18.4. The van der Waals surface area contributed by atoms with Crippen molar-refractivity contribution in [1.29, 1.82) is 0 Å². The number of halogens is 1. The van der Waals surface area contributed by atoms with Gasteiger partial charge in [0.15, 0.2) is 0 Å². The van der Waals surface area contributed by atoms with Crippen molar-refractivity contribution in [3.63, 3.8) is 0 Å². The first kappa shape index (κ1) is 16.4. The molecule has 0 aliphatic heterocycles. The van der Waals surface area contributed by atoms with Crippen molar-refractivity contribution < 1.29 is 4.79 Å². The Hall–Kier alpha value is -3.12. The van der Waals surface area contributed by atoms with Crippen molar-refractivity contribution >= 4 is 34.1 Å². The van der Waals surface area contributed by atoms with E-state index < -0.39 is 0 Å². The molecule has 130 valence electrons. The van der Waals surface area contributed by atoms with Crippen molar-refractivity contribution in [3.05, 3.63) is 69.6 Å².